The van der Waals surface area contributed by atoms with Crippen LogP contribution in [0.2, 0.25) is 10.0 Å². The Hall–Kier alpha value is -5.80. The number of fused-ring (bicyclic) bond motifs is 2. The molecule has 0 spiro atoms. The number of carbonyl (C=O) groups excluding carboxylic acids is 1. The van der Waals surface area contributed by atoms with Gasteiger partial charge in [-0.15, -0.1) is 30.0 Å². The fraction of sp³-hybridized carbons (Fsp3) is 0.156. The van der Waals surface area contributed by atoms with E-state index in [9.17, 15) is 14.7 Å². The highest BCUT2D eigenvalue weighted by Gasteiger charge is 2.39. The Morgan fingerprint density at radius 3 is 1.54 bits per heavy atom. The second-order valence-corrected chi connectivity index (χ2v) is 15.6. The van der Waals surface area contributed by atoms with Crippen molar-refractivity contribution >= 4 is 89.1 Å². The summed E-state index contributed by atoms with van der Waals surface area (Å²) in [6, 6.07) is 39.1. The van der Waals surface area contributed by atoms with Crippen LogP contribution in [0.1, 0.15) is 45.9 Å². The molecule has 0 aliphatic rings. The summed E-state index contributed by atoms with van der Waals surface area (Å²) in [5.41, 5.74) is 3.49. The first-order chi connectivity index (χ1) is 28.4. The summed E-state index contributed by atoms with van der Waals surface area (Å²) in [6.07, 6.45) is -0.966. The summed E-state index contributed by atoms with van der Waals surface area (Å²) < 4.78 is 19.1. The van der Waals surface area contributed by atoms with E-state index in [2.05, 4.69) is 52.3 Å². The van der Waals surface area contributed by atoms with Crippen LogP contribution in [0.25, 0.3) is 33.4 Å². The second kappa shape index (κ2) is 20.2. The summed E-state index contributed by atoms with van der Waals surface area (Å²) >= 11 is 18.9. The van der Waals surface area contributed by atoms with Gasteiger partial charge < -0.3 is 19.3 Å². The predicted octanol–water partition coefficient (Wildman–Crippen LogP) is 12.0. The maximum atomic E-state index is 12.7. The number of carboxylic acids is 1. The van der Waals surface area contributed by atoms with Crippen molar-refractivity contribution in [2.45, 2.75) is 40.4 Å². The number of carboxylic acid groups (broad SMARTS) is 1. The van der Waals surface area contributed by atoms with Gasteiger partial charge in [-0.05, 0) is 98.8 Å². The number of esters is 1. The molecule has 0 radical (unpaired) electrons. The van der Waals surface area contributed by atoms with Crippen molar-refractivity contribution < 1.29 is 28.9 Å². The molecule has 2 aromatic heterocycles. The maximum Gasteiger partial charge on any atom is 0.352 e. The Morgan fingerprint density at radius 2 is 1.10 bits per heavy atom. The first-order valence-electron chi connectivity index (χ1n) is 17.9. The molecule has 0 amide bonds. The van der Waals surface area contributed by atoms with Crippen molar-refractivity contribution in [1.29, 1.82) is 0 Å². The van der Waals surface area contributed by atoms with Crippen molar-refractivity contribution in [3.8, 4) is 22.9 Å². The third-order valence-corrected chi connectivity index (χ3v) is 10.4. The Balaban J connectivity index is 0.000000224. The topological polar surface area (TPSA) is 143 Å². The zero-order chi connectivity index (χ0) is 41.7. The number of hydrogen-bond donors (Lipinski definition) is 1. The smallest absolute Gasteiger partial charge is 0.352 e. The summed E-state index contributed by atoms with van der Waals surface area (Å²) in [5, 5.41) is 29.0. The summed E-state index contributed by atoms with van der Waals surface area (Å²) in [5.74, 6) is -0.862. The van der Waals surface area contributed by atoms with Crippen LogP contribution in [-0.4, -0.2) is 53.6 Å². The van der Waals surface area contributed by atoms with Gasteiger partial charge in [-0.1, -0.05) is 118 Å². The zero-order valence-electron chi connectivity index (χ0n) is 31.2. The molecule has 0 aliphatic carbocycles. The monoisotopic (exact) mass is 988 g/mol. The molecule has 0 saturated heterocycles. The van der Waals surface area contributed by atoms with Crippen molar-refractivity contribution in [3.63, 3.8) is 0 Å². The lowest BCUT2D eigenvalue weighted by molar-refractivity contribution is -0.154. The molecule has 314 valence electrons. The van der Waals surface area contributed by atoms with Crippen molar-refractivity contribution in [2.75, 3.05) is 6.61 Å². The number of hydrogen-bond acceptors (Lipinski definition) is 9. The molecule has 2 heterocycles. The van der Waals surface area contributed by atoms with Gasteiger partial charge in [-0.3, -0.25) is 0 Å². The van der Waals surface area contributed by atoms with Gasteiger partial charge in [-0.2, -0.15) is 0 Å². The van der Waals surface area contributed by atoms with E-state index in [0.29, 0.717) is 44.0 Å². The van der Waals surface area contributed by atoms with Crippen LogP contribution < -0.4 is 9.47 Å². The second-order valence-electron chi connectivity index (χ2n) is 12.9. The molecule has 8 aromatic rings. The van der Waals surface area contributed by atoms with Crippen LogP contribution in [-0.2, 0) is 19.9 Å². The van der Waals surface area contributed by atoms with Gasteiger partial charge >= 0.3 is 11.9 Å². The van der Waals surface area contributed by atoms with Crippen molar-refractivity contribution in [2.24, 2.45) is 0 Å². The first-order valence-corrected chi connectivity index (χ1v) is 20.3. The van der Waals surface area contributed by atoms with E-state index in [-0.39, 0.29) is 21.5 Å². The minimum absolute atomic E-state index is 0. The normalized spacial score (nSPS) is 12.2. The van der Waals surface area contributed by atoms with Crippen LogP contribution in [0.5, 0.6) is 11.5 Å². The number of nitrogens with zero attached hydrogens (tertiary/aromatic N) is 6. The number of ether oxygens (including phenoxy) is 3. The summed E-state index contributed by atoms with van der Waals surface area (Å²) in [6.45, 7) is 3.49. The van der Waals surface area contributed by atoms with E-state index in [4.69, 9.17) is 37.4 Å². The predicted molar refractivity (Wildman–Crippen MR) is 245 cm³/mol. The van der Waals surface area contributed by atoms with E-state index in [1.165, 1.54) is 16.5 Å². The molecule has 0 aliphatic heterocycles. The summed E-state index contributed by atoms with van der Waals surface area (Å²) in [7, 11) is 0. The van der Waals surface area contributed by atoms with Gasteiger partial charge in [0.05, 0.1) is 6.61 Å². The number of aliphatic carboxylic acids is 1. The largest absolute Gasteiger partial charge is 0.478 e. The van der Waals surface area contributed by atoms with Gasteiger partial charge in [0.15, 0.2) is 0 Å². The van der Waals surface area contributed by atoms with Gasteiger partial charge in [-0.25, -0.2) is 9.59 Å². The fourth-order valence-electron chi connectivity index (χ4n) is 5.86. The molecule has 0 bridgehead atoms. The molecule has 8 rings (SSSR count). The van der Waals surface area contributed by atoms with Crippen LogP contribution in [0.3, 0.4) is 0 Å². The van der Waals surface area contributed by atoms with E-state index in [1.54, 1.807) is 79.7 Å². The number of benzene rings is 6. The van der Waals surface area contributed by atoms with Gasteiger partial charge in [0.25, 0.3) is 0 Å². The molecule has 61 heavy (non-hydrogen) atoms. The highest BCUT2D eigenvalue weighted by Crippen LogP contribution is 2.35. The quantitative estimate of drug-likeness (QED) is 0.124. The SMILES string of the molecule is C.C.CC(Oc1ccc(Br)cc1-n1nc2ccccc2n1)(C(=O)O)c1ccc(Cl)cc1.CCOC(=O)C(Oc1ccc(Br)cc1-n1nc2ccccc2n1)c1ccc(Cl)cc1. The fourth-order valence-corrected chi connectivity index (χ4v) is 6.81. The van der Waals surface area contributed by atoms with Gasteiger partial charge in [0.2, 0.25) is 11.7 Å². The number of halogens is 4. The van der Waals surface area contributed by atoms with E-state index in [0.717, 1.165) is 31.0 Å². The van der Waals surface area contributed by atoms with Crippen LogP contribution in [0, 0.1) is 0 Å². The number of carbonyl (C=O) groups is 2. The Kier molecular flexibility index (Phi) is 15.3. The molecule has 12 nitrogen and oxygen atoms in total. The third-order valence-electron chi connectivity index (χ3n) is 8.88. The minimum atomic E-state index is -1.64. The molecular weight excluding hydrogens is 951 g/mol. The Labute approximate surface area is 379 Å². The zero-order valence-corrected chi connectivity index (χ0v) is 35.9. The molecular formula is C45H40Br2Cl2N6O6. The minimum Gasteiger partial charge on any atom is -0.478 e. The van der Waals surface area contributed by atoms with Crippen LogP contribution >= 0.6 is 55.1 Å². The van der Waals surface area contributed by atoms with Gasteiger partial charge in [0, 0.05) is 30.1 Å². The lowest BCUT2D eigenvalue weighted by atomic mass is 9.96. The maximum absolute atomic E-state index is 12.7. The standard InChI is InChI=1S/C22H17BrClN3O3.C21H15BrClN3O3.2CH4/c1-2-29-22(28)21(14-7-10-16(24)11-8-14)30-20-12-9-15(23)13-19(20)27-25-17-5-3-4-6-18(17)26-27;1-21(20(27)28,13-6-9-15(23)10-7-13)29-19-11-8-14(22)12-18(19)26-24-16-4-2-3-5-17(16)25-26;;/h3-13,21H,2H2,1H3;2-12H,1H3,(H,27,28);2*1H4. The molecule has 0 saturated carbocycles. The molecule has 16 heteroatoms. The molecule has 2 unspecified atom stereocenters. The average molecular weight is 992 g/mol. The highest BCUT2D eigenvalue weighted by molar-refractivity contribution is 9.10. The van der Waals surface area contributed by atoms with E-state index < -0.39 is 23.6 Å². The van der Waals surface area contributed by atoms with Crippen molar-refractivity contribution in [1.82, 2.24) is 30.0 Å². The summed E-state index contributed by atoms with van der Waals surface area (Å²) in [4.78, 5) is 27.8. The number of rotatable bonds is 11. The lowest BCUT2D eigenvalue weighted by Gasteiger charge is -2.28. The van der Waals surface area contributed by atoms with Crippen molar-refractivity contribution in [3.05, 3.63) is 164 Å². The first kappa shape index (κ1) is 46.3. The lowest BCUT2D eigenvalue weighted by Crippen LogP contribution is -2.38. The Morgan fingerprint density at radius 1 is 0.672 bits per heavy atom. The van der Waals surface area contributed by atoms with Crippen LogP contribution in [0.4, 0.5) is 0 Å². The number of aromatic nitrogens is 6. The molecule has 0 fully saturated rings. The average Bonchev–Trinajstić information content (AvgIpc) is 3.87. The third kappa shape index (κ3) is 10.6. The van der Waals surface area contributed by atoms with E-state index >= 15 is 0 Å². The Bertz CT molecular complexity index is 2720. The molecule has 1 N–H and O–H groups in total. The highest BCUT2D eigenvalue weighted by atomic mass is 79.9. The van der Waals surface area contributed by atoms with Gasteiger partial charge in [0.1, 0.15) is 44.9 Å². The van der Waals surface area contributed by atoms with Crippen LogP contribution in [0.15, 0.2) is 142 Å². The van der Waals surface area contributed by atoms with E-state index in [1.807, 2.05) is 60.7 Å². The molecule has 6 aromatic carbocycles. The molecule has 2 atom stereocenters.